The third-order valence-electron chi connectivity index (χ3n) is 5.11. The fourth-order valence-electron chi connectivity index (χ4n) is 3.27. The summed E-state index contributed by atoms with van der Waals surface area (Å²) >= 11 is 0. The summed E-state index contributed by atoms with van der Waals surface area (Å²) in [5, 5.41) is 7.35. The monoisotopic (exact) mass is 481 g/mol. The predicted molar refractivity (Wildman–Crippen MR) is 126 cm³/mol. The standard InChI is InChI=1S/C25H24FN3O4S/c1-25(2,3)22-15-23(29(28-22)18-11-9-17(26)10-12-18)27-24(30)21-14-13-19(33-21)16-34(31,32)20-7-5-4-6-8-20/h4-15H,16H2,1-3H3,(H,27,30). The van der Waals surface area contributed by atoms with Crippen molar-refractivity contribution in [1.29, 1.82) is 0 Å². The van der Waals surface area contributed by atoms with Gasteiger partial charge in [0.1, 0.15) is 23.1 Å². The highest BCUT2D eigenvalue weighted by atomic mass is 32.2. The van der Waals surface area contributed by atoms with E-state index in [1.54, 1.807) is 36.4 Å². The van der Waals surface area contributed by atoms with Crippen LogP contribution in [-0.2, 0) is 21.0 Å². The zero-order chi connectivity index (χ0) is 24.5. The summed E-state index contributed by atoms with van der Waals surface area (Å²) in [6.07, 6.45) is 0. The SMILES string of the molecule is CC(C)(C)c1cc(NC(=O)c2ccc(CS(=O)(=O)c3ccccc3)o2)n(-c2ccc(F)cc2)n1. The van der Waals surface area contributed by atoms with Crippen LogP contribution in [0.5, 0.6) is 0 Å². The zero-order valence-corrected chi connectivity index (χ0v) is 19.8. The van der Waals surface area contributed by atoms with Crippen LogP contribution in [0.3, 0.4) is 0 Å². The fourth-order valence-corrected chi connectivity index (χ4v) is 4.54. The molecule has 0 atom stereocenters. The molecule has 1 amide bonds. The molecule has 1 N–H and O–H groups in total. The summed E-state index contributed by atoms with van der Waals surface area (Å²) < 4.78 is 45.6. The number of aromatic nitrogens is 2. The number of halogens is 1. The number of amides is 1. The molecule has 4 aromatic rings. The molecule has 2 aromatic carbocycles. The van der Waals surface area contributed by atoms with Crippen LogP contribution >= 0.6 is 0 Å². The van der Waals surface area contributed by atoms with Crippen LogP contribution in [0.25, 0.3) is 5.69 Å². The van der Waals surface area contributed by atoms with Crippen LogP contribution in [0.4, 0.5) is 10.2 Å². The number of furan rings is 1. The number of nitrogens with one attached hydrogen (secondary N) is 1. The lowest BCUT2D eigenvalue weighted by atomic mass is 9.92. The number of carbonyl (C=O) groups is 1. The van der Waals surface area contributed by atoms with Crippen molar-refractivity contribution in [2.75, 3.05) is 5.32 Å². The van der Waals surface area contributed by atoms with Crippen molar-refractivity contribution in [2.45, 2.75) is 36.8 Å². The largest absolute Gasteiger partial charge is 0.455 e. The number of sulfone groups is 1. The fraction of sp³-hybridized carbons (Fsp3) is 0.200. The van der Waals surface area contributed by atoms with Crippen LogP contribution < -0.4 is 5.32 Å². The van der Waals surface area contributed by atoms with E-state index in [-0.39, 0.29) is 33.4 Å². The average molecular weight is 482 g/mol. The zero-order valence-electron chi connectivity index (χ0n) is 18.9. The molecule has 2 heterocycles. The van der Waals surface area contributed by atoms with Gasteiger partial charge in [0.05, 0.1) is 16.3 Å². The maximum Gasteiger partial charge on any atom is 0.292 e. The van der Waals surface area contributed by atoms with Crippen LogP contribution in [0.2, 0.25) is 0 Å². The van der Waals surface area contributed by atoms with Crippen molar-refractivity contribution in [3.05, 3.63) is 95.8 Å². The summed E-state index contributed by atoms with van der Waals surface area (Å²) in [6, 6.07) is 18.4. The Morgan fingerprint density at radius 1 is 1.03 bits per heavy atom. The Kier molecular flexibility index (Phi) is 6.14. The lowest BCUT2D eigenvalue weighted by molar-refractivity contribution is 0.0994. The smallest absolute Gasteiger partial charge is 0.292 e. The van der Waals surface area contributed by atoms with Crippen molar-refractivity contribution in [3.63, 3.8) is 0 Å². The molecule has 9 heteroatoms. The Balaban J connectivity index is 1.58. The molecule has 0 fully saturated rings. The van der Waals surface area contributed by atoms with Gasteiger partial charge in [0.25, 0.3) is 5.91 Å². The summed E-state index contributed by atoms with van der Waals surface area (Å²) in [7, 11) is -3.61. The second-order valence-electron chi connectivity index (χ2n) is 8.85. The van der Waals surface area contributed by atoms with E-state index in [1.807, 2.05) is 20.8 Å². The molecule has 0 aliphatic carbocycles. The first kappa shape index (κ1) is 23.4. The number of anilines is 1. The molecule has 7 nitrogen and oxygen atoms in total. The van der Waals surface area contributed by atoms with E-state index >= 15 is 0 Å². The second kappa shape index (κ2) is 8.90. The van der Waals surface area contributed by atoms with E-state index in [9.17, 15) is 17.6 Å². The van der Waals surface area contributed by atoms with Gasteiger partial charge in [-0.2, -0.15) is 5.10 Å². The number of nitrogens with zero attached hydrogens (tertiary/aromatic N) is 2. The van der Waals surface area contributed by atoms with Crippen molar-refractivity contribution in [1.82, 2.24) is 9.78 Å². The minimum absolute atomic E-state index is 0.0394. The highest BCUT2D eigenvalue weighted by Crippen LogP contribution is 2.27. The quantitative estimate of drug-likeness (QED) is 0.412. The average Bonchev–Trinajstić information content (AvgIpc) is 3.42. The minimum atomic E-state index is -3.61. The van der Waals surface area contributed by atoms with Crippen LogP contribution in [0, 0.1) is 5.82 Å². The molecule has 176 valence electrons. The van der Waals surface area contributed by atoms with Crippen molar-refractivity contribution in [3.8, 4) is 5.69 Å². The molecule has 0 spiro atoms. The topological polar surface area (TPSA) is 94.2 Å². The van der Waals surface area contributed by atoms with E-state index in [4.69, 9.17) is 4.42 Å². The Labute approximate surface area is 197 Å². The molecular weight excluding hydrogens is 457 g/mol. The third-order valence-corrected chi connectivity index (χ3v) is 6.77. The van der Waals surface area contributed by atoms with Gasteiger partial charge in [-0.1, -0.05) is 39.0 Å². The Morgan fingerprint density at radius 3 is 2.35 bits per heavy atom. The molecule has 0 saturated carbocycles. The van der Waals surface area contributed by atoms with Gasteiger partial charge >= 0.3 is 0 Å². The van der Waals surface area contributed by atoms with Crippen molar-refractivity contribution in [2.24, 2.45) is 0 Å². The molecule has 0 radical (unpaired) electrons. The van der Waals surface area contributed by atoms with Gasteiger partial charge in [-0.05, 0) is 48.5 Å². The van der Waals surface area contributed by atoms with E-state index < -0.39 is 15.7 Å². The minimum Gasteiger partial charge on any atom is -0.455 e. The molecule has 0 saturated heterocycles. The van der Waals surface area contributed by atoms with Gasteiger partial charge in [-0.3, -0.25) is 4.79 Å². The summed E-state index contributed by atoms with van der Waals surface area (Å²) in [4.78, 5) is 13.1. The van der Waals surface area contributed by atoms with Gasteiger partial charge in [-0.15, -0.1) is 0 Å². The van der Waals surface area contributed by atoms with Gasteiger partial charge in [-0.25, -0.2) is 17.5 Å². The summed E-state index contributed by atoms with van der Waals surface area (Å²) in [6.45, 7) is 5.96. The summed E-state index contributed by atoms with van der Waals surface area (Å²) in [5.74, 6) is -0.833. The Hall–Kier alpha value is -3.72. The van der Waals surface area contributed by atoms with E-state index in [2.05, 4.69) is 10.4 Å². The maximum absolute atomic E-state index is 13.4. The van der Waals surface area contributed by atoms with E-state index in [1.165, 1.54) is 41.1 Å². The number of hydrogen-bond donors (Lipinski definition) is 1. The molecule has 0 aliphatic rings. The maximum atomic E-state index is 13.4. The van der Waals surface area contributed by atoms with Crippen molar-refractivity contribution >= 4 is 21.6 Å². The second-order valence-corrected chi connectivity index (χ2v) is 10.8. The van der Waals surface area contributed by atoms with Crippen LogP contribution in [0.1, 0.15) is 42.8 Å². The molecule has 0 unspecified atom stereocenters. The van der Waals surface area contributed by atoms with Gasteiger partial charge < -0.3 is 9.73 Å². The Bertz CT molecular complexity index is 1420. The van der Waals surface area contributed by atoms with Gasteiger partial charge in [0.2, 0.25) is 0 Å². The first-order chi connectivity index (χ1) is 16.0. The molecule has 0 aliphatic heterocycles. The first-order valence-electron chi connectivity index (χ1n) is 10.6. The summed E-state index contributed by atoms with van der Waals surface area (Å²) in [5.41, 5.74) is 0.997. The molecule has 0 bridgehead atoms. The predicted octanol–water partition coefficient (Wildman–Crippen LogP) is 5.13. The molecule has 2 aromatic heterocycles. The third kappa shape index (κ3) is 5.09. The number of carbonyl (C=O) groups excluding carboxylic acids is 1. The number of rotatable bonds is 6. The number of benzene rings is 2. The highest BCUT2D eigenvalue weighted by molar-refractivity contribution is 7.90. The van der Waals surface area contributed by atoms with E-state index in [0.717, 1.165) is 5.69 Å². The molecular formula is C25H24FN3O4S. The number of hydrogen-bond acceptors (Lipinski definition) is 5. The van der Waals surface area contributed by atoms with Gasteiger partial charge in [0, 0.05) is 11.5 Å². The first-order valence-corrected chi connectivity index (χ1v) is 12.2. The van der Waals surface area contributed by atoms with E-state index in [0.29, 0.717) is 11.5 Å². The van der Waals surface area contributed by atoms with Crippen LogP contribution in [0.15, 0.2) is 82.1 Å². The molecule has 34 heavy (non-hydrogen) atoms. The lowest BCUT2D eigenvalue weighted by Gasteiger charge is -2.14. The van der Waals surface area contributed by atoms with Crippen molar-refractivity contribution < 1.29 is 22.0 Å². The molecule has 4 rings (SSSR count). The Morgan fingerprint density at radius 2 is 1.71 bits per heavy atom. The lowest BCUT2D eigenvalue weighted by Crippen LogP contribution is -2.14. The van der Waals surface area contributed by atoms with Gasteiger partial charge in [0.15, 0.2) is 15.6 Å². The normalized spacial score (nSPS) is 12.0. The van der Waals surface area contributed by atoms with Crippen LogP contribution in [-0.4, -0.2) is 24.1 Å². The highest BCUT2D eigenvalue weighted by Gasteiger charge is 2.23.